The van der Waals surface area contributed by atoms with Gasteiger partial charge in [0.05, 0.1) is 22.5 Å². The summed E-state index contributed by atoms with van der Waals surface area (Å²) in [5, 5.41) is 5.60. The molecule has 0 bridgehead atoms. The second kappa shape index (κ2) is 7.72. The Balaban J connectivity index is 1.59. The molecule has 0 radical (unpaired) electrons. The van der Waals surface area contributed by atoms with E-state index in [0.29, 0.717) is 5.02 Å². The lowest BCUT2D eigenvalue weighted by atomic mass is 10.1. The number of nitrogens with zero attached hydrogens (tertiary/aromatic N) is 3. The minimum atomic E-state index is -0.176. The zero-order valence-corrected chi connectivity index (χ0v) is 15.4. The van der Waals surface area contributed by atoms with Gasteiger partial charge in [-0.15, -0.1) is 0 Å². The Labute approximate surface area is 155 Å². The second-order valence-electron chi connectivity index (χ2n) is 5.47. The molecule has 0 spiro atoms. The first-order valence-corrected chi connectivity index (χ1v) is 9.04. The number of hydrogen-bond acceptors (Lipinski definition) is 4. The summed E-state index contributed by atoms with van der Waals surface area (Å²) < 4.78 is 1.98. The van der Waals surface area contributed by atoms with Crippen LogP contribution in [0.15, 0.2) is 58.8 Å². The van der Waals surface area contributed by atoms with Gasteiger partial charge in [-0.25, -0.2) is 10.4 Å². The van der Waals surface area contributed by atoms with Crippen LogP contribution in [0.1, 0.15) is 12.5 Å². The number of hydrazone groups is 1. The van der Waals surface area contributed by atoms with E-state index >= 15 is 0 Å². The number of para-hydroxylation sites is 2. The van der Waals surface area contributed by atoms with Gasteiger partial charge < -0.3 is 4.57 Å². The maximum absolute atomic E-state index is 12.0. The fraction of sp³-hybridized carbons (Fsp3) is 0.167. The standard InChI is InChI=1S/C18H17ClN4OS/c1-12(13-7-9-14(19)10-8-13)21-22-17(24)11-25-18-20-15-5-3-4-6-16(15)23(18)2/h3-10H,11H2,1-2H3,(H,22,24)/b21-12+. The number of aryl methyl sites for hydroxylation is 1. The lowest BCUT2D eigenvalue weighted by Gasteiger charge is -2.04. The number of halogens is 1. The summed E-state index contributed by atoms with van der Waals surface area (Å²) >= 11 is 7.25. The van der Waals surface area contributed by atoms with Gasteiger partial charge in [-0.1, -0.05) is 47.6 Å². The number of imidazole rings is 1. The molecular weight excluding hydrogens is 356 g/mol. The first kappa shape index (κ1) is 17.5. The SMILES string of the molecule is C/C(=N\NC(=O)CSc1nc2ccccc2n1C)c1ccc(Cl)cc1. The zero-order chi connectivity index (χ0) is 17.8. The average Bonchev–Trinajstić information content (AvgIpc) is 2.95. The molecule has 0 saturated heterocycles. The zero-order valence-electron chi connectivity index (χ0n) is 13.9. The summed E-state index contributed by atoms with van der Waals surface area (Å²) in [6.07, 6.45) is 0. The highest BCUT2D eigenvalue weighted by Crippen LogP contribution is 2.22. The van der Waals surface area contributed by atoms with E-state index in [1.807, 2.05) is 54.9 Å². The first-order chi connectivity index (χ1) is 12.0. The fourth-order valence-electron chi connectivity index (χ4n) is 2.32. The van der Waals surface area contributed by atoms with Crippen LogP contribution in [-0.2, 0) is 11.8 Å². The van der Waals surface area contributed by atoms with E-state index in [1.54, 1.807) is 12.1 Å². The smallest absolute Gasteiger partial charge is 0.250 e. The van der Waals surface area contributed by atoms with Gasteiger partial charge in [-0.2, -0.15) is 5.10 Å². The maximum atomic E-state index is 12.0. The minimum absolute atomic E-state index is 0.176. The summed E-state index contributed by atoms with van der Waals surface area (Å²) in [5.74, 6) is 0.0690. The van der Waals surface area contributed by atoms with Crippen LogP contribution in [0, 0.1) is 0 Å². The molecule has 2 aromatic carbocycles. The van der Waals surface area contributed by atoms with Gasteiger partial charge in [-0.05, 0) is 36.8 Å². The maximum Gasteiger partial charge on any atom is 0.250 e. The second-order valence-corrected chi connectivity index (χ2v) is 6.85. The van der Waals surface area contributed by atoms with Crippen LogP contribution in [0.2, 0.25) is 5.02 Å². The molecule has 1 amide bonds. The Hall–Kier alpha value is -2.31. The van der Waals surface area contributed by atoms with Gasteiger partial charge in [0.2, 0.25) is 0 Å². The van der Waals surface area contributed by atoms with Crippen molar-refractivity contribution in [2.75, 3.05) is 5.75 Å². The molecule has 25 heavy (non-hydrogen) atoms. The summed E-state index contributed by atoms with van der Waals surface area (Å²) in [7, 11) is 1.94. The van der Waals surface area contributed by atoms with E-state index in [0.717, 1.165) is 27.5 Å². The molecule has 0 saturated carbocycles. The number of carbonyl (C=O) groups is 1. The van der Waals surface area contributed by atoms with Crippen LogP contribution in [0.4, 0.5) is 0 Å². The molecule has 0 aliphatic heterocycles. The van der Waals surface area contributed by atoms with E-state index in [4.69, 9.17) is 11.6 Å². The van der Waals surface area contributed by atoms with Crippen LogP contribution < -0.4 is 5.43 Å². The largest absolute Gasteiger partial charge is 0.322 e. The third-order valence-electron chi connectivity index (χ3n) is 3.69. The Morgan fingerprint density at radius 3 is 2.68 bits per heavy atom. The molecular formula is C18H17ClN4OS. The quantitative estimate of drug-likeness (QED) is 0.420. The van der Waals surface area contributed by atoms with Crippen LogP contribution in [-0.4, -0.2) is 26.9 Å². The Bertz CT molecular complexity index is 934. The number of nitrogens with one attached hydrogen (secondary N) is 1. The van der Waals surface area contributed by atoms with Crippen molar-refractivity contribution in [3.8, 4) is 0 Å². The van der Waals surface area contributed by atoms with Gasteiger partial charge in [0.1, 0.15) is 0 Å². The van der Waals surface area contributed by atoms with Crippen molar-refractivity contribution in [2.24, 2.45) is 12.1 Å². The number of aromatic nitrogens is 2. The summed E-state index contributed by atoms with van der Waals surface area (Å²) in [6.45, 7) is 1.84. The monoisotopic (exact) mass is 372 g/mol. The lowest BCUT2D eigenvalue weighted by Crippen LogP contribution is -2.21. The number of carbonyl (C=O) groups excluding carboxylic acids is 1. The highest BCUT2D eigenvalue weighted by molar-refractivity contribution is 7.99. The number of rotatable bonds is 5. The molecule has 1 heterocycles. The Morgan fingerprint density at radius 1 is 1.24 bits per heavy atom. The summed E-state index contributed by atoms with van der Waals surface area (Å²) in [5.41, 5.74) is 6.17. The minimum Gasteiger partial charge on any atom is -0.322 e. The average molecular weight is 373 g/mol. The number of thioether (sulfide) groups is 1. The van der Waals surface area contributed by atoms with Crippen molar-refractivity contribution in [1.82, 2.24) is 15.0 Å². The molecule has 1 aromatic heterocycles. The molecule has 3 rings (SSSR count). The molecule has 0 aliphatic carbocycles. The van der Waals surface area contributed by atoms with E-state index in [2.05, 4.69) is 15.5 Å². The topological polar surface area (TPSA) is 59.3 Å². The normalized spacial score (nSPS) is 11.7. The van der Waals surface area contributed by atoms with Gasteiger partial charge in [0.15, 0.2) is 5.16 Å². The molecule has 0 fully saturated rings. The van der Waals surface area contributed by atoms with Crippen LogP contribution >= 0.6 is 23.4 Å². The first-order valence-electron chi connectivity index (χ1n) is 7.68. The molecule has 0 atom stereocenters. The van der Waals surface area contributed by atoms with Gasteiger partial charge in [0, 0.05) is 12.1 Å². The molecule has 128 valence electrons. The molecule has 0 unspecified atom stereocenters. The summed E-state index contributed by atoms with van der Waals surface area (Å²) in [6, 6.07) is 15.2. The molecule has 1 N–H and O–H groups in total. The van der Waals surface area contributed by atoms with Gasteiger partial charge in [0.25, 0.3) is 5.91 Å². The third kappa shape index (κ3) is 4.21. The predicted octanol–water partition coefficient (Wildman–Crippen LogP) is 3.86. The van der Waals surface area contributed by atoms with Crippen LogP contribution in [0.25, 0.3) is 11.0 Å². The fourth-order valence-corrected chi connectivity index (χ4v) is 3.22. The number of fused-ring (bicyclic) bond motifs is 1. The molecule has 3 aromatic rings. The van der Waals surface area contributed by atoms with E-state index in [9.17, 15) is 4.79 Å². The van der Waals surface area contributed by atoms with Crippen molar-refractivity contribution >= 4 is 46.0 Å². The number of benzene rings is 2. The Kier molecular flexibility index (Phi) is 5.40. The molecule has 0 aliphatic rings. The van der Waals surface area contributed by atoms with Gasteiger partial charge in [-0.3, -0.25) is 4.79 Å². The van der Waals surface area contributed by atoms with Crippen LogP contribution in [0.5, 0.6) is 0 Å². The number of hydrogen-bond donors (Lipinski definition) is 1. The van der Waals surface area contributed by atoms with E-state index in [1.165, 1.54) is 11.8 Å². The predicted molar refractivity (Wildman–Crippen MR) is 103 cm³/mol. The third-order valence-corrected chi connectivity index (χ3v) is 4.97. The summed E-state index contributed by atoms with van der Waals surface area (Å²) in [4.78, 5) is 16.6. The van der Waals surface area contributed by atoms with Crippen molar-refractivity contribution in [1.29, 1.82) is 0 Å². The van der Waals surface area contributed by atoms with E-state index in [-0.39, 0.29) is 11.7 Å². The Morgan fingerprint density at radius 2 is 1.96 bits per heavy atom. The van der Waals surface area contributed by atoms with Crippen molar-refractivity contribution < 1.29 is 4.79 Å². The van der Waals surface area contributed by atoms with Gasteiger partial charge >= 0.3 is 0 Å². The highest BCUT2D eigenvalue weighted by atomic mass is 35.5. The van der Waals surface area contributed by atoms with Crippen molar-refractivity contribution in [2.45, 2.75) is 12.1 Å². The molecule has 7 heteroatoms. The van der Waals surface area contributed by atoms with Crippen LogP contribution in [0.3, 0.4) is 0 Å². The van der Waals surface area contributed by atoms with Crippen molar-refractivity contribution in [3.05, 3.63) is 59.1 Å². The number of amides is 1. The lowest BCUT2D eigenvalue weighted by molar-refractivity contribution is -0.118. The van der Waals surface area contributed by atoms with Crippen molar-refractivity contribution in [3.63, 3.8) is 0 Å². The highest BCUT2D eigenvalue weighted by Gasteiger charge is 2.10. The molecule has 5 nitrogen and oxygen atoms in total. The van der Waals surface area contributed by atoms with E-state index < -0.39 is 0 Å².